The summed E-state index contributed by atoms with van der Waals surface area (Å²) in [6.45, 7) is 1.12. The van der Waals surface area contributed by atoms with Crippen molar-refractivity contribution in [1.29, 1.82) is 0 Å². The summed E-state index contributed by atoms with van der Waals surface area (Å²) in [5.74, 6) is -0.679. The molecule has 0 amide bonds. The van der Waals surface area contributed by atoms with E-state index >= 15 is 0 Å². The predicted octanol–water partition coefficient (Wildman–Crippen LogP) is 5.56. The van der Waals surface area contributed by atoms with Gasteiger partial charge in [0.25, 0.3) is 0 Å². The van der Waals surface area contributed by atoms with Gasteiger partial charge in [-0.2, -0.15) is 0 Å². The van der Waals surface area contributed by atoms with E-state index in [0.29, 0.717) is 19.8 Å². The Bertz CT molecular complexity index is 1150. The summed E-state index contributed by atoms with van der Waals surface area (Å²) in [6.07, 6.45) is 1.29. The molecule has 3 aliphatic rings. The highest BCUT2D eigenvalue weighted by Gasteiger charge is 2.61. The van der Waals surface area contributed by atoms with Crippen molar-refractivity contribution in [3.05, 3.63) is 108 Å². The van der Waals surface area contributed by atoms with E-state index in [9.17, 15) is 5.11 Å². The van der Waals surface area contributed by atoms with Crippen molar-refractivity contribution < 1.29 is 28.8 Å². The first-order valence-electron chi connectivity index (χ1n) is 14.2. The summed E-state index contributed by atoms with van der Waals surface area (Å²) < 4.78 is 33.0. The molecular weight excluding hydrogens is 492 g/mol. The molecule has 6 nitrogen and oxygen atoms in total. The molecule has 2 aliphatic carbocycles. The van der Waals surface area contributed by atoms with Crippen LogP contribution in [0.2, 0.25) is 0 Å². The quantitative estimate of drug-likeness (QED) is 0.391. The van der Waals surface area contributed by atoms with Crippen molar-refractivity contribution in [2.75, 3.05) is 0 Å². The van der Waals surface area contributed by atoms with Crippen molar-refractivity contribution in [2.24, 2.45) is 0 Å². The van der Waals surface area contributed by atoms with Gasteiger partial charge < -0.3 is 28.8 Å². The molecule has 1 spiro atoms. The number of benzene rings is 3. The summed E-state index contributed by atoms with van der Waals surface area (Å²) >= 11 is 0. The second kappa shape index (κ2) is 12.3. The van der Waals surface area contributed by atoms with Crippen LogP contribution in [0.1, 0.15) is 48.8 Å². The van der Waals surface area contributed by atoms with Crippen LogP contribution >= 0.6 is 0 Å². The van der Waals surface area contributed by atoms with Gasteiger partial charge in [-0.3, -0.25) is 0 Å². The first kappa shape index (κ1) is 26.6. The molecule has 0 aromatic heterocycles. The SMILES string of the molecule is O[C@@H]1[C@@H](OCc2ccccc2)[C@H](OCc2ccccc2)[C@@H](OCc2ccccc2)[C@H]2OC3(CCCCC3)O[C@@H]12. The summed E-state index contributed by atoms with van der Waals surface area (Å²) in [4.78, 5) is 0. The zero-order chi connectivity index (χ0) is 26.5. The lowest BCUT2D eigenvalue weighted by atomic mass is 9.84. The maximum Gasteiger partial charge on any atom is 0.169 e. The van der Waals surface area contributed by atoms with Crippen LogP contribution in [0, 0.1) is 0 Å². The van der Waals surface area contributed by atoms with Crippen LogP contribution < -0.4 is 0 Å². The Hall–Kier alpha value is -2.58. The first-order valence-corrected chi connectivity index (χ1v) is 14.2. The van der Waals surface area contributed by atoms with Gasteiger partial charge in [0.15, 0.2) is 5.79 Å². The topological polar surface area (TPSA) is 66.4 Å². The molecule has 1 saturated heterocycles. The molecule has 2 saturated carbocycles. The zero-order valence-electron chi connectivity index (χ0n) is 22.3. The molecule has 1 aliphatic heterocycles. The van der Waals surface area contributed by atoms with E-state index in [-0.39, 0.29) is 0 Å². The molecule has 0 bridgehead atoms. The van der Waals surface area contributed by atoms with Gasteiger partial charge in [-0.15, -0.1) is 0 Å². The Morgan fingerprint density at radius 2 is 1.00 bits per heavy atom. The van der Waals surface area contributed by atoms with Crippen molar-refractivity contribution in [2.45, 2.75) is 94.3 Å². The van der Waals surface area contributed by atoms with Gasteiger partial charge in [0.1, 0.15) is 36.6 Å². The Labute approximate surface area is 230 Å². The highest BCUT2D eigenvalue weighted by atomic mass is 16.8. The van der Waals surface area contributed by atoms with Crippen molar-refractivity contribution in [1.82, 2.24) is 0 Å². The molecule has 0 radical (unpaired) electrons. The molecule has 206 valence electrons. The summed E-state index contributed by atoms with van der Waals surface area (Å²) in [5, 5.41) is 11.7. The van der Waals surface area contributed by atoms with Crippen molar-refractivity contribution >= 4 is 0 Å². The average Bonchev–Trinajstić information content (AvgIpc) is 3.35. The van der Waals surface area contributed by atoms with Gasteiger partial charge >= 0.3 is 0 Å². The molecule has 3 fully saturated rings. The normalized spacial score (nSPS) is 29.8. The van der Waals surface area contributed by atoms with Crippen molar-refractivity contribution in [3.8, 4) is 0 Å². The number of aliphatic hydroxyl groups excluding tert-OH is 1. The standard InChI is InChI=1S/C33H38O6/c34-27-28(35-21-24-13-5-1-6-14-24)30(36-22-25-15-7-2-8-16-25)31(37-23-26-17-9-3-10-18-26)32-29(27)38-33(39-32)19-11-4-12-20-33/h1-3,5-10,13-18,27-32,34H,4,11-12,19-23H2/t27-,28-,29+,30+,31-,32+/m1/s1. The molecule has 3 aromatic carbocycles. The number of hydrogen-bond acceptors (Lipinski definition) is 6. The fourth-order valence-corrected chi connectivity index (χ4v) is 6.13. The smallest absolute Gasteiger partial charge is 0.169 e. The second-order valence-corrected chi connectivity index (χ2v) is 10.9. The van der Waals surface area contributed by atoms with Crippen LogP contribution in [-0.4, -0.2) is 47.5 Å². The average molecular weight is 531 g/mol. The summed E-state index contributed by atoms with van der Waals surface area (Å²) in [7, 11) is 0. The van der Waals surface area contributed by atoms with E-state index in [0.717, 1.165) is 42.4 Å². The minimum absolute atomic E-state index is 0.350. The molecular formula is C33H38O6. The van der Waals surface area contributed by atoms with Gasteiger partial charge in [-0.05, 0) is 29.5 Å². The first-order chi connectivity index (χ1) is 19.2. The minimum atomic E-state index is -0.919. The molecule has 1 heterocycles. The Balaban J connectivity index is 1.30. The third kappa shape index (κ3) is 6.12. The van der Waals surface area contributed by atoms with E-state index in [2.05, 4.69) is 0 Å². The van der Waals surface area contributed by atoms with Crippen LogP contribution in [0.4, 0.5) is 0 Å². The monoisotopic (exact) mass is 530 g/mol. The number of hydrogen-bond donors (Lipinski definition) is 1. The van der Waals surface area contributed by atoms with Crippen LogP contribution in [0.25, 0.3) is 0 Å². The van der Waals surface area contributed by atoms with E-state index in [1.165, 1.54) is 6.42 Å². The summed E-state index contributed by atoms with van der Waals surface area (Å²) in [5.41, 5.74) is 3.14. The lowest BCUT2D eigenvalue weighted by molar-refractivity contribution is -0.241. The predicted molar refractivity (Wildman–Crippen MR) is 147 cm³/mol. The van der Waals surface area contributed by atoms with Crippen LogP contribution in [0.15, 0.2) is 91.0 Å². The molecule has 1 N–H and O–H groups in total. The molecule has 39 heavy (non-hydrogen) atoms. The van der Waals surface area contributed by atoms with Gasteiger partial charge in [-0.25, -0.2) is 0 Å². The Morgan fingerprint density at radius 3 is 1.51 bits per heavy atom. The molecule has 0 unspecified atom stereocenters. The maximum absolute atomic E-state index is 11.7. The number of ether oxygens (including phenoxy) is 5. The fourth-order valence-electron chi connectivity index (χ4n) is 6.13. The van der Waals surface area contributed by atoms with E-state index < -0.39 is 42.4 Å². The zero-order valence-corrected chi connectivity index (χ0v) is 22.3. The largest absolute Gasteiger partial charge is 0.387 e. The molecule has 3 aromatic rings. The lowest BCUT2D eigenvalue weighted by Crippen LogP contribution is -2.64. The minimum Gasteiger partial charge on any atom is -0.387 e. The van der Waals surface area contributed by atoms with Crippen LogP contribution in [0.3, 0.4) is 0 Å². The third-order valence-corrected chi connectivity index (χ3v) is 8.14. The maximum atomic E-state index is 11.7. The van der Waals surface area contributed by atoms with E-state index in [1.807, 2.05) is 91.0 Å². The number of aliphatic hydroxyl groups is 1. The van der Waals surface area contributed by atoms with Gasteiger partial charge in [0.05, 0.1) is 19.8 Å². The summed E-state index contributed by atoms with van der Waals surface area (Å²) in [6, 6.07) is 30.2. The number of fused-ring (bicyclic) bond motifs is 1. The van der Waals surface area contributed by atoms with E-state index in [4.69, 9.17) is 23.7 Å². The van der Waals surface area contributed by atoms with E-state index in [1.54, 1.807) is 0 Å². The van der Waals surface area contributed by atoms with Crippen molar-refractivity contribution in [3.63, 3.8) is 0 Å². The fraction of sp³-hybridized carbons (Fsp3) is 0.455. The highest BCUT2D eigenvalue weighted by molar-refractivity contribution is 5.17. The Morgan fingerprint density at radius 1 is 0.564 bits per heavy atom. The van der Waals surface area contributed by atoms with Crippen LogP contribution in [-0.2, 0) is 43.5 Å². The van der Waals surface area contributed by atoms with Gasteiger partial charge in [0.2, 0.25) is 0 Å². The Kier molecular flexibility index (Phi) is 8.40. The van der Waals surface area contributed by atoms with Gasteiger partial charge in [0, 0.05) is 12.8 Å². The van der Waals surface area contributed by atoms with Crippen LogP contribution in [0.5, 0.6) is 0 Å². The molecule has 6 rings (SSSR count). The third-order valence-electron chi connectivity index (χ3n) is 8.14. The molecule has 6 heteroatoms. The van der Waals surface area contributed by atoms with Gasteiger partial charge in [-0.1, -0.05) is 97.4 Å². The molecule has 6 atom stereocenters. The second-order valence-electron chi connectivity index (χ2n) is 10.9. The highest BCUT2D eigenvalue weighted by Crippen LogP contribution is 2.46. The lowest BCUT2D eigenvalue weighted by Gasteiger charge is -2.45. The number of rotatable bonds is 9.